The van der Waals surface area contributed by atoms with E-state index in [0.29, 0.717) is 32.6 Å². The fourth-order valence-corrected chi connectivity index (χ4v) is 5.96. The van der Waals surface area contributed by atoms with Gasteiger partial charge < -0.3 is 9.47 Å². The maximum absolute atomic E-state index is 13.8. The predicted octanol–water partition coefficient (Wildman–Crippen LogP) is 4.55. The summed E-state index contributed by atoms with van der Waals surface area (Å²) in [5.74, 6) is -2.67. The zero-order valence-electron chi connectivity index (χ0n) is 25.7. The van der Waals surface area contributed by atoms with E-state index in [-0.39, 0.29) is 41.1 Å². The van der Waals surface area contributed by atoms with Crippen molar-refractivity contribution in [1.29, 1.82) is 0 Å². The molecule has 2 aliphatic heterocycles. The van der Waals surface area contributed by atoms with Crippen LogP contribution in [0.4, 0.5) is 0 Å². The van der Waals surface area contributed by atoms with Gasteiger partial charge >= 0.3 is 0 Å². The smallest absolute Gasteiger partial charge is 0.233 e. The first-order valence-electron chi connectivity index (χ1n) is 14.1. The fraction of sp³-hybridized carbons (Fsp3) is 0.867. The zero-order valence-corrected chi connectivity index (χ0v) is 25.7. The molecule has 0 bridgehead atoms. The molecule has 8 heteroatoms. The number of methoxy groups -OCH3 is 1. The summed E-state index contributed by atoms with van der Waals surface area (Å²) in [5.41, 5.74) is -0.800. The number of hydrogen-bond acceptors (Lipinski definition) is 6. The molecular formula is C30H52N2O6. The zero-order chi connectivity index (χ0) is 29.2. The first-order valence-corrected chi connectivity index (χ1v) is 14.1. The molecule has 0 aromatic heterocycles. The second kappa shape index (κ2) is 12.2. The van der Waals surface area contributed by atoms with Gasteiger partial charge in [-0.2, -0.15) is 0 Å². The van der Waals surface area contributed by atoms with Crippen molar-refractivity contribution < 1.29 is 28.7 Å². The average molecular weight is 537 g/mol. The molecule has 8 nitrogen and oxygen atoms in total. The van der Waals surface area contributed by atoms with Gasteiger partial charge in [0.1, 0.15) is 0 Å². The molecule has 2 saturated heterocycles. The Hall–Kier alpha value is -1.80. The molecule has 0 aromatic rings. The Kier molecular flexibility index (Phi) is 10.4. The Balaban J connectivity index is 2.28. The highest BCUT2D eigenvalue weighted by Gasteiger charge is 2.57. The minimum atomic E-state index is -0.651. The summed E-state index contributed by atoms with van der Waals surface area (Å²) in [7, 11) is 1.59. The third kappa shape index (κ3) is 7.65. The van der Waals surface area contributed by atoms with Crippen molar-refractivity contribution in [2.75, 3.05) is 33.5 Å². The largest absolute Gasteiger partial charge is 0.382 e. The van der Waals surface area contributed by atoms with Crippen LogP contribution >= 0.6 is 0 Å². The Labute approximate surface area is 230 Å². The monoisotopic (exact) mass is 536 g/mol. The van der Waals surface area contributed by atoms with E-state index >= 15 is 0 Å². The molecule has 2 fully saturated rings. The number of ether oxygens (including phenoxy) is 2. The molecule has 2 aliphatic rings. The maximum Gasteiger partial charge on any atom is 0.233 e. The average Bonchev–Trinajstić information content (AvgIpc) is 3.12. The Bertz CT molecular complexity index is 884. The summed E-state index contributed by atoms with van der Waals surface area (Å²) in [6.45, 7) is 21.6. The van der Waals surface area contributed by atoms with Crippen LogP contribution in [0, 0.1) is 39.9 Å². The van der Waals surface area contributed by atoms with Crippen LogP contribution in [0.25, 0.3) is 0 Å². The van der Waals surface area contributed by atoms with E-state index < -0.39 is 35.1 Å². The molecule has 5 atom stereocenters. The second-order valence-corrected chi connectivity index (χ2v) is 14.5. The first-order chi connectivity index (χ1) is 17.3. The Morgan fingerprint density at radius 1 is 0.789 bits per heavy atom. The van der Waals surface area contributed by atoms with Gasteiger partial charge in [0.15, 0.2) is 0 Å². The quantitative estimate of drug-likeness (QED) is 0.268. The van der Waals surface area contributed by atoms with Crippen molar-refractivity contribution in [3.05, 3.63) is 0 Å². The lowest BCUT2D eigenvalue weighted by molar-refractivity contribution is -0.145. The summed E-state index contributed by atoms with van der Waals surface area (Å²) < 4.78 is 10.6. The standard InChI is InChI=1S/C30H52N2O6/c1-19(18-38-15-14-37-11)32-24(33)20(2)21(26(32)35)17-30(9,10)23-22(16-29(6,7)8)25(34)31(27(23)36)13-12-28(3,4)5/h19-23H,12-18H2,1-11H3. The number of rotatable bonds is 12. The number of carbonyl (C=O) groups is 4. The van der Waals surface area contributed by atoms with Crippen LogP contribution in [0.5, 0.6) is 0 Å². The van der Waals surface area contributed by atoms with Crippen molar-refractivity contribution in [1.82, 2.24) is 9.80 Å². The summed E-state index contributed by atoms with van der Waals surface area (Å²) in [6.07, 6.45) is 1.68. The number of nitrogens with zero attached hydrogens (tertiary/aromatic N) is 2. The van der Waals surface area contributed by atoms with Crippen LogP contribution in [0.3, 0.4) is 0 Å². The van der Waals surface area contributed by atoms with Crippen molar-refractivity contribution in [3.63, 3.8) is 0 Å². The normalized spacial score (nSPS) is 26.2. The van der Waals surface area contributed by atoms with Crippen molar-refractivity contribution in [2.45, 2.75) is 94.5 Å². The molecule has 38 heavy (non-hydrogen) atoms. The van der Waals surface area contributed by atoms with E-state index in [1.807, 2.05) is 20.8 Å². The lowest BCUT2D eigenvalue weighted by Crippen LogP contribution is -2.42. The highest BCUT2D eigenvalue weighted by molar-refractivity contribution is 6.06. The molecule has 0 spiro atoms. The molecule has 2 heterocycles. The van der Waals surface area contributed by atoms with Crippen LogP contribution < -0.4 is 0 Å². The summed E-state index contributed by atoms with van der Waals surface area (Å²) in [5, 5.41) is 0. The van der Waals surface area contributed by atoms with E-state index in [1.54, 1.807) is 14.0 Å². The lowest BCUT2D eigenvalue weighted by Gasteiger charge is -2.37. The lowest BCUT2D eigenvalue weighted by atomic mass is 9.64. The summed E-state index contributed by atoms with van der Waals surface area (Å²) in [6, 6.07) is -0.390. The number of imide groups is 2. The van der Waals surface area contributed by atoms with Gasteiger partial charge in [-0.05, 0) is 42.4 Å². The number of hydrogen-bond donors (Lipinski definition) is 0. The van der Waals surface area contributed by atoms with Gasteiger partial charge in [0.2, 0.25) is 23.6 Å². The van der Waals surface area contributed by atoms with Crippen LogP contribution in [-0.4, -0.2) is 72.9 Å². The van der Waals surface area contributed by atoms with Crippen LogP contribution in [-0.2, 0) is 28.7 Å². The van der Waals surface area contributed by atoms with Gasteiger partial charge in [-0.1, -0.05) is 62.3 Å². The van der Waals surface area contributed by atoms with Crippen molar-refractivity contribution in [2.24, 2.45) is 39.9 Å². The third-order valence-corrected chi connectivity index (χ3v) is 8.04. The third-order valence-electron chi connectivity index (χ3n) is 8.04. The molecule has 218 valence electrons. The van der Waals surface area contributed by atoms with Gasteiger partial charge in [0.25, 0.3) is 0 Å². The van der Waals surface area contributed by atoms with E-state index in [1.165, 1.54) is 9.80 Å². The number of carbonyl (C=O) groups excluding carboxylic acids is 4. The minimum absolute atomic E-state index is 0.00677. The minimum Gasteiger partial charge on any atom is -0.382 e. The molecule has 0 saturated carbocycles. The Morgan fingerprint density at radius 2 is 1.39 bits per heavy atom. The maximum atomic E-state index is 13.8. The summed E-state index contributed by atoms with van der Waals surface area (Å²) >= 11 is 0. The van der Waals surface area contributed by atoms with Gasteiger partial charge in [0.05, 0.1) is 43.6 Å². The molecule has 4 amide bonds. The van der Waals surface area contributed by atoms with E-state index in [9.17, 15) is 19.2 Å². The second-order valence-electron chi connectivity index (χ2n) is 14.5. The van der Waals surface area contributed by atoms with Crippen LogP contribution in [0.15, 0.2) is 0 Å². The topological polar surface area (TPSA) is 93.2 Å². The number of likely N-dealkylation sites (tertiary alicyclic amines) is 2. The SMILES string of the molecule is COCCOCC(C)N1C(=O)C(C)C(CC(C)(C)C2C(=O)N(CCC(C)(C)C)C(=O)C2CC(C)(C)C)C1=O. The van der Waals surface area contributed by atoms with E-state index in [0.717, 1.165) is 6.42 Å². The van der Waals surface area contributed by atoms with Gasteiger partial charge in [-0.15, -0.1) is 0 Å². The molecule has 5 unspecified atom stereocenters. The van der Waals surface area contributed by atoms with Crippen molar-refractivity contribution >= 4 is 23.6 Å². The highest BCUT2D eigenvalue weighted by atomic mass is 16.5. The molecule has 0 aromatic carbocycles. The molecule has 0 aliphatic carbocycles. The van der Waals surface area contributed by atoms with Crippen LogP contribution in [0.1, 0.15) is 88.5 Å². The Morgan fingerprint density at radius 3 is 1.92 bits per heavy atom. The predicted molar refractivity (Wildman–Crippen MR) is 147 cm³/mol. The van der Waals surface area contributed by atoms with E-state index in [2.05, 4.69) is 41.5 Å². The molecule has 0 radical (unpaired) electrons. The number of amides is 4. The summed E-state index contributed by atoms with van der Waals surface area (Å²) in [4.78, 5) is 57.0. The van der Waals surface area contributed by atoms with Gasteiger partial charge in [-0.25, -0.2) is 0 Å². The molecular weight excluding hydrogens is 484 g/mol. The fourth-order valence-electron chi connectivity index (χ4n) is 5.96. The van der Waals surface area contributed by atoms with Gasteiger partial charge in [0, 0.05) is 19.6 Å². The van der Waals surface area contributed by atoms with Crippen LogP contribution in [0.2, 0.25) is 0 Å². The van der Waals surface area contributed by atoms with Gasteiger partial charge in [-0.3, -0.25) is 29.0 Å². The van der Waals surface area contributed by atoms with Crippen molar-refractivity contribution in [3.8, 4) is 0 Å². The molecule has 0 N–H and O–H groups in total. The first kappa shape index (κ1) is 32.4. The molecule has 2 rings (SSSR count). The van der Waals surface area contributed by atoms with E-state index in [4.69, 9.17) is 9.47 Å². The highest BCUT2D eigenvalue weighted by Crippen LogP contribution is 2.49.